The van der Waals surface area contributed by atoms with Gasteiger partial charge in [0.25, 0.3) is 11.9 Å². The standard InChI is InChI=1S/C20H18B3F2N5O4/c21-20(22,23)34-16-7-27-14(6-28-16)17(31)29-10-1-2-13(25)11(5-10)19(9-24)12-8-32-4-3-15(12)33-18(26)30-19/h1-2,5-7,12,15H,3-4,8-9H2,(H2,26,30)(H,29,31)/t12-,15+,19+/m0/s1. The molecule has 0 aliphatic carbocycles. The van der Waals surface area contributed by atoms with Crippen LogP contribution in [0.25, 0.3) is 0 Å². The Balaban J connectivity index is 1.61. The number of aliphatic imine (C=N–C) groups is 1. The molecule has 3 atom stereocenters. The predicted molar refractivity (Wildman–Crippen MR) is 120 cm³/mol. The highest BCUT2D eigenvalue weighted by Crippen LogP contribution is 2.44. The Kier molecular flexibility index (Phi) is 6.52. The number of nitrogens with one attached hydrogen (secondary N) is 1. The van der Waals surface area contributed by atoms with Gasteiger partial charge in [-0.2, -0.15) is 0 Å². The van der Waals surface area contributed by atoms with E-state index >= 15 is 0 Å². The van der Waals surface area contributed by atoms with Crippen molar-refractivity contribution >= 4 is 41.2 Å². The van der Waals surface area contributed by atoms with Gasteiger partial charge >= 0.3 is 0 Å². The zero-order chi connectivity index (χ0) is 24.5. The van der Waals surface area contributed by atoms with Crippen LogP contribution in [-0.2, 0) is 15.0 Å². The fraction of sp³-hybridized carbons (Fsp3) is 0.400. The van der Waals surface area contributed by atoms with Gasteiger partial charge in [0, 0.05) is 17.7 Å². The zero-order valence-corrected chi connectivity index (χ0v) is 17.9. The Bertz CT molecular complexity index is 1100. The summed E-state index contributed by atoms with van der Waals surface area (Å²) >= 11 is 0. The van der Waals surface area contributed by atoms with Crippen LogP contribution in [0.1, 0.15) is 22.5 Å². The number of hydrogen-bond donors (Lipinski definition) is 2. The molecular formula is C20H18B3F2N5O4. The molecule has 0 saturated carbocycles. The lowest BCUT2D eigenvalue weighted by Gasteiger charge is -2.45. The Morgan fingerprint density at radius 2 is 2.12 bits per heavy atom. The molecule has 1 fully saturated rings. The molecule has 2 aromatic rings. The summed E-state index contributed by atoms with van der Waals surface area (Å²) < 4.78 is 45.5. The van der Waals surface area contributed by atoms with E-state index in [0.29, 0.717) is 13.0 Å². The third-order valence-electron chi connectivity index (χ3n) is 5.52. The molecule has 0 spiro atoms. The molecule has 3 N–H and O–H groups in total. The third-order valence-corrected chi connectivity index (χ3v) is 5.52. The number of aromatic nitrogens is 2. The Morgan fingerprint density at radius 1 is 1.32 bits per heavy atom. The summed E-state index contributed by atoms with van der Waals surface area (Å²) in [5, 5.41) is 0.605. The number of rotatable bonds is 6. The number of nitrogens with two attached hydrogens (primary N) is 1. The molecule has 2 aliphatic heterocycles. The van der Waals surface area contributed by atoms with E-state index in [9.17, 15) is 13.6 Å². The van der Waals surface area contributed by atoms with Crippen LogP contribution in [0, 0.1) is 11.7 Å². The summed E-state index contributed by atoms with van der Waals surface area (Å²) in [4.78, 5) is 24.6. The topological polar surface area (TPSA) is 121 Å². The first-order chi connectivity index (χ1) is 16.1. The van der Waals surface area contributed by atoms with Crippen LogP contribution in [0.5, 0.6) is 5.88 Å². The molecule has 0 bridgehead atoms. The highest BCUT2D eigenvalue weighted by Gasteiger charge is 2.52. The second kappa shape index (κ2) is 9.24. The number of benzene rings is 1. The van der Waals surface area contributed by atoms with E-state index in [-0.39, 0.29) is 35.5 Å². The number of carbonyl (C=O) groups is 1. The molecule has 9 nitrogen and oxygen atoms in total. The predicted octanol–water partition coefficient (Wildman–Crippen LogP) is 0.278. The average molecular weight is 463 g/mol. The molecule has 1 amide bonds. The van der Waals surface area contributed by atoms with E-state index in [0.717, 1.165) is 18.5 Å². The van der Waals surface area contributed by atoms with Gasteiger partial charge in [-0.05, 0) is 23.5 Å². The quantitative estimate of drug-likeness (QED) is 0.591. The van der Waals surface area contributed by atoms with Crippen molar-refractivity contribution in [2.45, 2.75) is 23.4 Å². The molecule has 6 radical (unpaired) electrons. The normalized spacial score (nSPS) is 24.4. The van der Waals surface area contributed by atoms with Gasteiger partial charge in [0.1, 0.15) is 53.4 Å². The van der Waals surface area contributed by atoms with Gasteiger partial charge in [0.15, 0.2) is 0 Å². The maximum atomic E-state index is 15.0. The number of halogens is 2. The summed E-state index contributed by atoms with van der Waals surface area (Å²) in [7, 11) is 16.0. The minimum atomic E-state index is -1.96. The molecule has 34 heavy (non-hydrogen) atoms. The molecule has 1 saturated heterocycles. The number of anilines is 1. The highest BCUT2D eigenvalue weighted by atomic mass is 19.1. The lowest BCUT2D eigenvalue weighted by atomic mass is 9.52. The zero-order valence-electron chi connectivity index (χ0n) is 17.9. The van der Waals surface area contributed by atoms with Gasteiger partial charge in [0.2, 0.25) is 5.88 Å². The number of amides is 1. The van der Waals surface area contributed by atoms with E-state index in [1.54, 1.807) is 0 Å². The van der Waals surface area contributed by atoms with Gasteiger partial charge in [-0.25, -0.2) is 23.7 Å². The molecule has 4 rings (SSSR count). The Hall–Kier alpha value is -3.15. The fourth-order valence-electron chi connectivity index (χ4n) is 4.02. The van der Waals surface area contributed by atoms with Gasteiger partial charge in [0.05, 0.1) is 31.5 Å². The van der Waals surface area contributed by atoms with Crippen LogP contribution in [-0.4, -0.2) is 76.7 Å². The van der Waals surface area contributed by atoms with Crippen molar-refractivity contribution in [3.63, 3.8) is 0 Å². The monoisotopic (exact) mass is 463 g/mol. The third kappa shape index (κ3) is 4.86. The van der Waals surface area contributed by atoms with E-state index in [1.807, 2.05) is 0 Å². The molecule has 3 heterocycles. The van der Waals surface area contributed by atoms with Gasteiger partial charge in [-0.3, -0.25) is 4.79 Å². The van der Waals surface area contributed by atoms with Crippen molar-refractivity contribution in [2.75, 3.05) is 25.2 Å². The van der Waals surface area contributed by atoms with E-state index in [4.69, 9.17) is 43.5 Å². The van der Waals surface area contributed by atoms with E-state index in [1.165, 1.54) is 12.1 Å². The summed E-state index contributed by atoms with van der Waals surface area (Å²) in [5.41, 5.74) is 4.13. The number of hydrogen-bond acceptors (Lipinski definition) is 8. The molecule has 1 aromatic carbocycles. The molecule has 0 unspecified atom stereocenters. The fourth-order valence-corrected chi connectivity index (χ4v) is 4.02. The van der Waals surface area contributed by atoms with E-state index in [2.05, 4.69) is 20.3 Å². The minimum Gasteiger partial charge on any atom is -0.500 e. The smallest absolute Gasteiger partial charge is 0.283 e. The second-order valence-electron chi connectivity index (χ2n) is 7.98. The van der Waals surface area contributed by atoms with Crippen LogP contribution < -0.4 is 15.8 Å². The maximum absolute atomic E-state index is 15.0. The number of alkyl halides is 1. The molecule has 1 aromatic heterocycles. The largest absolute Gasteiger partial charge is 0.500 e. The number of amidine groups is 1. The molecular weight excluding hydrogens is 445 g/mol. The van der Waals surface area contributed by atoms with Crippen LogP contribution in [0.3, 0.4) is 0 Å². The van der Waals surface area contributed by atoms with Crippen LogP contribution in [0.2, 0.25) is 0 Å². The van der Waals surface area contributed by atoms with Gasteiger partial charge in [-0.1, -0.05) is 0 Å². The first-order valence-electron chi connectivity index (χ1n) is 10.3. The summed E-state index contributed by atoms with van der Waals surface area (Å²) in [6.45, 7) is -0.530. The highest BCUT2D eigenvalue weighted by molar-refractivity contribution is 6.58. The van der Waals surface area contributed by atoms with Crippen molar-refractivity contribution in [1.29, 1.82) is 0 Å². The van der Waals surface area contributed by atoms with Gasteiger partial charge < -0.3 is 25.3 Å². The number of ether oxygens (including phenoxy) is 3. The Labute approximate surface area is 198 Å². The van der Waals surface area contributed by atoms with Crippen LogP contribution in [0.15, 0.2) is 35.6 Å². The van der Waals surface area contributed by atoms with Crippen molar-refractivity contribution in [3.8, 4) is 5.88 Å². The number of carbonyl (C=O) groups excluding carboxylic acids is 1. The number of nitrogens with zero attached hydrogens (tertiary/aromatic N) is 3. The SMILES string of the molecule is [B]C([B])([B])Oc1cnc(C(=O)Nc2ccc(F)c([C@@]3(CF)N=C(N)O[C@@H]4CCOC[C@@H]43)c2)cn1. The van der Waals surface area contributed by atoms with Crippen LogP contribution >= 0.6 is 0 Å². The summed E-state index contributed by atoms with van der Waals surface area (Å²) in [6.07, 6.45) is 2.19. The van der Waals surface area contributed by atoms with Crippen molar-refractivity contribution < 1.29 is 27.8 Å². The lowest BCUT2D eigenvalue weighted by molar-refractivity contribution is -0.0785. The average Bonchev–Trinajstić information content (AvgIpc) is 2.79. The Morgan fingerprint density at radius 3 is 2.79 bits per heavy atom. The van der Waals surface area contributed by atoms with Crippen molar-refractivity contribution in [3.05, 3.63) is 47.7 Å². The summed E-state index contributed by atoms with van der Waals surface area (Å²) in [5.74, 6) is -2.10. The minimum absolute atomic E-state index is 0.0837. The maximum Gasteiger partial charge on any atom is 0.283 e. The molecule has 14 heteroatoms. The number of fused-ring (bicyclic) bond motifs is 1. The molecule has 2 aliphatic rings. The van der Waals surface area contributed by atoms with E-state index < -0.39 is 41.3 Å². The van der Waals surface area contributed by atoms with Crippen LogP contribution in [0.4, 0.5) is 14.5 Å². The summed E-state index contributed by atoms with van der Waals surface area (Å²) in [6, 6.07) is 3.50. The second-order valence-corrected chi connectivity index (χ2v) is 7.98. The van der Waals surface area contributed by atoms with Crippen molar-refractivity contribution in [2.24, 2.45) is 16.6 Å². The first-order valence-corrected chi connectivity index (χ1v) is 10.3. The lowest BCUT2D eigenvalue weighted by Crippen LogP contribution is -2.54. The van der Waals surface area contributed by atoms with Crippen molar-refractivity contribution in [1.82, 2.24) is 9.97 Å². The van der Waals surface area contributed by atoms with Gasteiger partial charge in [-0.15, -0.1) is 0 Å². The first kappa shape index (κ1) is 24.0. The molecule has 170 valence electrons.